The van der Waals surface area contributed by atoms with Crippen LogP contribution in [0.25, 0.3) is 0 Å². The zero-order valence-corrected chi connectivity index (χ0v) is 7.50. The number of piperidine rings is 1. The molecule has 1 aliphatic carbocycles. The molecule has 0 radical (unpaired) electrons. The average Bonchev–Trinajstić information content (AvgIpc) is 2.50. The third kappa shape index (κ3) is 0.774. The van der Waals surface area contributed by atoms with Crippen LogP contribution < -0.4 is 5.32 Å². The molecule has 0 amide bonds. The molecule has 2 rings (SSSR count). The third-order valence-corrected chi connectivity index (χ3v) is 3.88. The Kier molecular flexibility index (Phi) is 1.49. The quantitative estimate of drug-likeness (QED) is 0.640. The van der Waals surface area contributed by atoms with Crippen molar-refractivity contribution in [2.75, 3.05) is 6.54 Å². The highest BCUT2D eigenvalue weighted by Crippen LogP contribution is 2.64. The number of nitrogens with one attached hydrogen (secondary N) is 1. The van der Waals surface area contributed by atoms with Crippen molar-refractivity contribution in [2.45, 2.75) is 26.3 Å². The minimum absolute atomic E-state index is 0.278. The minimum atomic E-state index is -0.681. The molecule has 0 aromatic rings. The summed E-state index contributed by atoms with van der Waals surface area (Å²) < 4.78 is 0. The van der Waals surface area contributed by atoms with Crippen molar-refractivity contribution in [3.63, 3.8) is 0 Å². The normalized spacial score (nSPS) is 50.3. The molecular weight excluding hydrogens is 154 g/mol. The van der Waals surface area contributed by atoms with Gasteiger partial charge in [-0.05, 0) is 23.8 Å². The van der Waals surface area contributed by atoms with E-state index in [-0.39, 0.29) is 6.04 Å². The fourth-order valence-electron chi connectivity index (χ4n) is 2.79. The highest BCUT2D eigenvalue weighted by molar-refractivity contribution is 5.75. The molecule has 1 saturated heterocycles. The van der Waals surface area contributed by atoms with Crippen molar-refractivity contribution in [1.29, 1.82) is 0 Å². The molecule has 2 aliphatic rings. The van der Waals surface area contributed by atoms with Gasteiger partial charge in [0.25, 0.3) is 0 Å². The van der Waals surface area contributed by atoms with E-state index in [9.17, 15) is 4.79 Å². The number of carboxylic acid groups (broad SMARTS) is 1. The number of hydrogen-bond donors (Lipinski definition) is 2. The molecule has 1 aliphatic heterocycles. The fraction of sp³-hybridized carbons (Fsp3) is 0.889. The SMILES string of the molecule is CCC1(C)[C@@H]2[C@@H](C(=O)O)NC[C@@H]21. The molecule has 2 N–H and O–H groups in total. The van der Waals surface area contributed by atoms with Crippen molar-refractivity contribution >= 4 is 5.97 Å². The summed E-state index contributed by atoms with van der Waals surface area (Å²) in [6.07, 6.45) is 1.10. The minimum Gasteiger partial charge on any atom is -0.480 e. The van der Waals surface area contributed by atoms with Crippen LogP contribution in [-0.4, -0.2) is 23.7 Å². The first kappa shape index (κ1) is 8.05. The van der Waals surface area contributed by atoms with E-state index in [1.807, 2.05) is 0 Å². The Labute approximate surface area is 72.2 Å². The maximum Gasteiger partial charge on any atom is 0.321 e. The Balaban J connectivity index is 2.12. The Morgan fingerprint density at radius 3 is 2.83 bits per heavy atom. The summed E-state index contributed by atoms with van der Waals surface area (Å²) in [7, 11) is 0. The van der Waals surface area contributed by atoms with Crippen molar-refractivity contribution in [3.8, 4) is 0 Å². The van der Waals surface area contributed by atoms with Crippen LogP contribution >= 0.6 is 0 Å². The summed E-state index contributed by atoms with van der Waals surface area (Å²) >= 11 is 0. The maximum atomic E-state index is 10.8. The van der Waals surface area contributed by atoms with Crippen LogP contribution in [0, 0.1) is 17.3 Å². The number of hydrogen-bond acceptors (Lipinski definition) is 2. The van der Waals surface area contributed by atoms with Gasteiger partial charge in [-0.3, -0.25) is 4.79 Å². The van der Waals surface area contributed by atoms with Crippen molar-refractivity contribution in [2.24, 2.45) is 17.3 Å². The molecule has 1 heterocycles. The number of aliphatic carboxylic acids is 1. The Hall–Kier alpha value is -0.570. The fourth-order valence-corrected chi connectivity index (χ4v) is 2.79. The molecule has 0 aromatic carbocycles. The zero-order chi connectivity index (χ0) is 8.93. The lowest BCUT2D eigenvalue weighted by Gasteiger charge is -2.17. The largest absolute Gasteiger partial charge is 0.480 e. The molecule has 0 bridgehead atoms. The van der Waals surface area contributed by atoms with Gasteiger partial charge in [-0.1, -0.05) is 20.3 Å². The molecule has 1 saturated carbocycles. The first-order valence-corrected chi connectivity index (χ1v) is 4.57. The highest BCUT2D eigenvalue weighted by atomic mass is 16.4. The molecule has 12 heavy (non-hydrogen) atoms. The summed E-state index contributed by atoms with van der Waals surface area (Å²) in [5.74, 6) is 0.322. The van der Waals surface area contributed by atoms with E-state index in [0.717, 1.165) is 13.0 Å². The van der Waals surface area contributed by atoms with Gasteiger partial charge in [0.2, 0.25) is 0 Å². The monoisotopic (exact) mass is 169 g/mol. The molecule has 1 unspecified atom stereocenters. The number of rotatable bonds is 2. The van der Waals surface area contributed by atoms with Gasteiger partial charge in [-0.25, -0.2) is 0 Å². The molecule has 0 spiro atoms. The molecular formula is C9H15NO2. The summed E-state index contributed by atoms with van der Waals surface area (Å²) in [6, 6.07) is -0.278. The smallest absolute Gasteiger partial charge is 0.321 e. The van der Waals surface area contributed by atoms with E-state index >= 15 is 0 Å². The van der Waals surface area contributed by atoms with Gasteiger partial charge in [0.15, 0.2) is 0 Å². The van der Waals surface area contributed by atoms with E-state index in [1.165, 1.54) is 0 Å². The molecule has 3 heteroatoms. The maximum absolute atomic E-state index is 10.8. The van der Waals surface area contributed by atoms with Gasteiger partial charge in [-0.15, -0.1) is 0 Å². The zero-order valence-electron chi connectivity index (χ0n) is 7.50. The summed E-state index contributed by atoms with van der Waals surface area (Å²) in [4.78, 5) is 10.8. The topological polar surface area (TPSA) is 49.3 Å². The standard InChI is InChI=1S/C9H15NO2/c1-3-9(2)5-4-10-7(6(5)9)8(11)12/h5-7,10H,3-4H2,1-2H3,(H,11,12)/t5-,6-,7-,9?/m0/s1. The third-order valence-electron chi connectivity index (χ3n) is 3.88. The summed E-state index contributed by atoms with van der Waals surface area (Å²) in [5, 5.41) is 11.9. The lowest BCUT2D eigenvalue weighted by molar-refractivity contribution is -0.139. The first-order valence-electron chi connectivity index (χ1n) is 4.57. The van der Waals surface area contributed by atoms with Crippen LogP contribution in [0.3, 0.4) is 0 Å². The predicted molar refractivity (Wildman–Crippen MR) is 44.8 cm³/mol. The van der Waals surface area contributed by atoms with E-state index in [4.69, 9.17) is 5.11 Å². The Morgan fingerprint density at radius 1 is 1.75 bits per heavy atom. The number of carboxylic acids is 1. The van der Waals surface area contributed by atoms with E-state index in [2.05, 4.69) is 19.2 Å². The van der Waals surface area contributed by atoms with Crippen LogP contribution in [0.4, 0.5) is 0 Å². The summed E-state index contributed by atoms with van der Waals surface area (Å²) in [5.41, 5.74) is 0.314. The lowest BCUT2D eigenvalue weighted by atomic mass is 9.97. The van der Waals surface area contributed by atoms with Gasteiger partial charge in [0.1, 0.15) is 6.04 Å². The average molecular weight is 169 g/mol. The van der Waals surface area contributed by atoms with Crippen molar-refractivity contribution in [3.05, 3.63) is 0 Å². The van der Waals surface area contributed by atoms with Crippen molar-refractivity contribution < 1.29 is 9.90 Å². The van der Waals surface area contributed by atoms with E-state index in [0.29, 0.717) is 17.3 Å². The van der Waals surface area contributed by atoms with Gasteiger partial charge in [-0.2, -0.15) is 0 Å². The highest BCUT2D eigenvalue weighted by Gasteiger charge is 2.67. The van der Waals surface area contributed by atoms with Crippen LogP contribution in [0.2, 0.25) is 0 Å². The van der Waals surface area contributed by atoms with E-state index in [1.54, 1.807) is 0 Å². The van der Waals surface area contributed by atoms with Gasteiger partial charge < -0.3 is 10.4 Å². The van der Waals surface area contributed by atoms with Gasteiger partial charge in [0.05, 0.1) is 0 Å². The van der Waals surface area contributed by atoms with Crippen LogP contribution in [0.5, 0.6) is 0 Å². The van der Waals surface area contributed by atoms with E-state index < -0.39 is 5.97 Å². The van der Waals surface area contributed by atoms with Crippen LogP contribution in [0.15, 0.2) is 0 Å². The molecule has 3 nitrogen and oxygen atoms in total. The Bertz CT molecular complexity index is 229. The lowest BCUT2D eigenvalue weighted by Crippen LogP contribution is -2.37. The van der Waals surface area contributed by atoms with Crippen LogP contribution in [0.1, 0.15) is 20.3 Å². The number of fused-ring (bicyclic) bond motifs is 1. The molecule has 4 atom stereocenters. The van der Waals surface area contributed by atoms with Crippen LogP contribution in [-0.2, 0) is 4.79 Å². The molecule has 2 fully saturated rings. The molecule has 68 valence electrons. The summed E-state index contributed by atoms with van der Waals surface area (Å²) in [6.45, 7) is 5.25. The second kappa shape index (κ2) is 2.22. The second-order valence-corrected chi connectivity index (χ2v) is 4.22. The van der Waals surface area contributed by atoms with Gasteiger partial charge in [0, 0.05) is 0 Å². The second-order valence-electron chi connectivity index (χ2n) is 4.22. The van der Waals surface area contributed by atoms with Gasteiger partial charge >= 0.3 is 5.97 Å². The predicted octanol–water partition coefficient (Wildman–Crippen LogP) is 0.705. The van der Waals surface area contributed by atoms with Crippen molar-refractivity contribution in [1.82, 2.24) is 5.32 Å². The molecule has 0 aromatic heterocycles. The Morgan fingerprint density at radius 2 is 2.42 bits per heavy atom. The first-order chi connectivity index (χ1) is 5.61. The number of carbonyl (C=O) groups is 1.